The number of carboxylic acid groups (broad SMARTS) is 2. The van der Waals surface area contributed by atoms with Crippen molar-refractivity contribution >= 4 is 17.8 Å². The van der Waals surface area contributed by atoms with Gasteiger partial charge in [-0.2, -0.15) is 0 Å². The Hall–Kier alpha value is -2.41. The van der Waals surface area contributed by atoms with Gasteiger partial charge in [0.05, 0.1) is 6.04 Å². The maximum Gasteiger partial charge on any atom is 0.330 e. The monoisotopic (exact) mass is 280 g/mol. The fourth-order valence-electron chi connectivity index (χ4n) is 1.59. The molecule has 0 spiro atoms. The third kappa shape index (κ3) is 4.69. The van der Waals surface area contributed by atoms with Crippen LogP contribution in [0.2, 0.25) is 0 Å². The minimum absolute atomic E-state index is 0.0533. The number of hydrogen-bond donors (Lipinski definition) is 4. The lowest BCUT2D eigenvalue weighted by Gasteiger charge is -2.17. The lowest BCUT2D eigenvalue weighted by Crippen LogP contribution is -2.44. The Bertz CT molecular complexity index is 489. The van der Waals surface area contributed by atoms with Crippen molar-refractivity contribution in [2.45, 2.75) is 24.9 Å². The zero-order valence-corrected chi connectivity index (χ0v) is 10.7. The second-order valence-corrected chi connectivity index (χ2v) is 4.23. The molecule has 7 nitrogen and oxygen atoms in total. The first-order valence-corrected chi connectivity index (χ1v) is 5.97. The number of carboxylic acids is 2. The average molecular weight is 280 g/mol. The second kappa shape index (κ2) is 7.25. The van der Waals surface area contributed by atoms with E-state index in [1.165, 1.54) is 0 Å². The number of benzene rings is 1. The van der Waals surface area contributed by atoms with Gasteiger partial charge in [0.25, 0.3) is 0 Å². The van der Waals surface area contributed by atoms with Gasteiger partial charge >= 0.3 is 11.9 Å². The number of hydrogen-bond acceptors (Lipinski definition) is 4. The fourth-order valence-corrected chi connectivity index (χ4v) is 1.59. The summed E-state index contributed by atoms with van der Waals surface area (Å²) in [7, 11) is 0. The normalized spacial score (nSPS) is 13.2. The Balaban J connectivity index is 2.69. The van der Waals surface area contributed by atoms with Gasteiger partial charge in [-0.25, -0.2) is 4.79 Å². The minimum atomic E-state index is -1.21. The lowest BCUT2D eigenvalue weighted by atomic mass is 10.1. The third-order valence-electron chi connectivity index (χ3n) is 2.67. The van der Waals surface area contributed by atoms with Gasteiger partial charge in [-0.05, 0) is 12.0 Å². The Morgan fingerprint density at radius 1 is 1.15 bits per heavy atom. The number of rotatable bonds is 7. The van der Waals surface area contributed by atoms with Crippen molar-refractivity contribution < 1.29 is 24.6 Å². The maximum atomic E-state index is 11.8. The van der Waals surface area contributed by atoms with Crippen LogP contribution >= 0.6 is 0 Å². The summed E-state index contributed by atoms with van der Waals surface area (Å²) in [5.41, 5.74) is 5.94. The Labute approximate surface area is 115 Å². The number of nitrogens with two attached hydrogens (primary N) is 1. The maximum absolute atomic E-state index is 11.8. The van der Waals surface area contributed by atoms with E-state index in [1.54, 1.807) is 30.3 Å². The van der Waals surface area contributed by atoms with Gasteiger partial charge in [0.2, 0.25) is 5.91 Å². The summed E-state index contributed by atoms with van der Waals surface area (Å²) in [6.45, 7) is 0. The van der Waals surface area contributed by atoms with E-state index in [0.717, 1.165) is 0 Å². The molecule has 0 radical (unpaired) electrons. The van der Waals surface area contributed by atoms with E-state index in [9.17, 15) is 14.4 Å². The van der Waals surface area contributed by atoms with Crippen molar-refractivity contribution in [3.8, 4) is 0 Å². The molecule has 0 saturated carbocycles. The summed E-state index contributed by atoms with van der Waals surface area (Å²) in [6, 6.07) is 5.91. The number of nitrogens with one attached hydrogen (secondary N) is 1. The van der Waals surface area contributed by atoms with Gasteiger partial charge in [-0.1, -0.05) is 30.3 Å². The SMILES string of the molecule is NC(CCC(=O)O)C(=O)NC(C(=O)O)c1ccccc1. The van der Waals surface area contributed by atoms with Crippen LogP contribution in [-0.2, 0) is 14.4 Å². The van der Waals surface area contributed by atoms with Crippen molar-refractivity contribution in [2.24, 2.45) is 5.73 Å². The van der Waals surface area contributed by atoms with Gasteiger partial charge in [0.1, 0.15) is 0 Å². The molecule has 5 N–H and O–H groups in total. The molecule has 108 valence electrons. The molecular formula is C13H16N2O5. The molecule has 1 amide bonds. The van der Waals surface area contributed by atoms with Gasteiger partial charge < -0.3 is 21.3 Å². The summed E-state index contributed by atoms with van der Waals surface area (Å²) in [5, 5.41) is 19.9. The van der Waals surface area contributed by atoms with E-state index in [0.29, 0.717) is 5.56 Å². The highest BCUT2D eigenvalue weighted by molar-refractivity contribution is 5.87. The highest BCUT2D eigenvalue weighted by Crippen LogP contribution is 2.13. The average Bonchev–Trinajstić information content (AvgIpc) is 2.42. The van der Waals surface area contributed by atoms with E-state index in [2.05, 4.69) is 5.32 Å². The largest absolute Gasteiger partial charge is 0.481 e. The predicted octanol–water partition coefficient (Wildman–Crippen LogP) is 0.121. The predicted molar refractivity (Wildman–Crippen MR) is 69.8 cm³/mol. The summed E-state index contributed by atoms with van der Waals surface area (Å²) < 4.78 is 0. The van der Waals surface area contributed by atoms with Crippen LogP contribution in [0.1, 0.15) is 24.4 Å². The summed E-state index contributed by atoms with van der Waals surface area (Å²) in [5.74, 6) is -2.97. The van der Waals surface area contributed by atoms with E-state index < -0.39 is 29.9 Å². The highest BCUT2D eigenvalue weighted by Gasteiger charge is 2.24. The van der Waals surface area contributed by atoms with Crippen LogP contribution in [0.15, 0.2) is 30.3 Å². The first-order valence-electron chi connectivity index (χ1n) is 5.97. The molecule has 0 bridgehead atoms. The molecule has 0 aliphatic carbocycles. The Morgan fingerprint density at radius 3 is 2.25 bits per heavy atom. The number of aliphatic carboxylic acids is 2. The molecular weight excluding hydrogens is 264 g/mol. The summed E-state index contributed by atoms with van der Waals surface area (Å²) >= 11 is 0. The molecule has 1 aromatic carbocycles. The molecule has 2 atom stereocenters. The molecule has 0 saturated heterocycles. The fraction of sp³-hybridized carbons (Fsp3) is 0.308. The summed E-state index contributed by atoms with van der Waals surface area (Å²) in [4.78, 5) is 33.3. The second-order valence-electron chi connectivity index (χ2n) is 4.23. The van der Waals surface area contributed by atoms with Crippen LogP contribution in [0.25, 0.3) is 0 Å². The molecule has 0 fully saturated rings. The minimum Gasteiger partial charge on any atom is -0.481 e. The zero-order chi connectivity index (χ0) is 15.1. The molecule has 1 aromatic rings. The Kier molecular flexibility index (Phi) is 5.67. The van der Waals surface area contributed by atoms with Crippen LogP contribution in [0.5, 0.6) is 0 Å². The first kappa shape index (κ1) is 15.6. The number of amides is 1. The van der Waals surface area contributed by atoms with E-state index in [-0.39, 0.29) is 12.8 Å². The molecule has 20 heavy (non-hydrogen) atoms. The van der Waals surface area contributed by atoms with Gasteiger partial charge in [0, 0.05) is 6.42 Å². The van der Waals surface area contributed by atoms with Gasteiger partial charge in [-0.3, -0.25) is 9.59 Å². The van der Waals surface area contributed by atoms with Crippen molar-refractivity contribution in [2.75, 3.05) is 0 Å². The molecule has 0 aliphatic heterocycles. The molecule has 1 rings (SSSR count). The van der Waals surface area contributed by atoms with Gasteiger partial charge in [-0.15, -0.1) is 0 Å². The van der Waals surface area contributed by atoms with E-state index >= 15 is 0 Å². The molecule has 0 aliphatic rings. The van der Waals surface area contributed by atoms with Crippen molar-refractivity contribution in [1.29, 1.82) is 0 Å². The molecule has 0 aromatic heterocycles. The van der Waals surface area contributed by atoms with Crippen molar-refractivity contribution in [1.82, 2.24) is 5.32 Å². The first-order chi connectivity index (χ1) is 9.41. The van der Waals surface area contributed by atoms with Crippen LogP contribution < -0.4 is 11.1 Å². The lowest BCUT2D eigenvalue weighted by molar-refractivity contribution is -0.142. The third-order valence-corrected chi connectivity index (χ3v) is 2.67. The topological polar surface area (TPSA) is 130 Å². The smallest absolute Gasteiger partial charge is 0.330 e. The molecule has 7 heteroatoms. The Morgan fingerprint density at radius 2 is 1.75 bits per heavy atom. The van der Waals surface area contributed by atoms with Crippen molar-refractivity contribution in [3.05, 3.63) is 35.9 Å². The van der Waals surface area contributed by atoms with Crippen LogP contribution in [0, 0.1) is 0 Å². The summed E-state index contributed by atoms with van der Waals surface area (Å²) in [6.07, 6.45) is -0.306. The van der Waals surface area contributed by atoms with E-state index in [1.807, 2.05) is 0 Å². The standard InChI is InChI=1S/C13H16N2O5/c14-9(6-7-10(16)17)12(18)15-11(13(19)20)8-4-2-1-3-5-8/h1-5,9,11H,6-7,14H2,(H,15,18)(H,16,17)(H,19,20). The highest BCUT2D eigenvalue weighted by atomic mass is 16.4. The van der Waals surface area contributed by atoms with Gasteiger partial charge in [0.15, 0.2) is 6.04 Å². The van der Waals surface area contributed by atoms with Crippen molar-refractivity contribution in [3.63, 3.8) is 0 Å². The van der Waals surface area contributed by atoms with E-state index in [4.69, 9.17) is 15.9 Å². The van der Waals surface area contributed by atoms with Crippen LogP contribution in [0.4, 0.5) is 0 Å². The zero-order valence-electron chi connectivity index (χ0n) is 10.7. The number of carbonyl (C=O) groups excluding carboxylic acids is 1. The van der Waals surface area contributed by atoms with Crippen LogP contribution in [0.3, 0.4) is 0 Å². The molecule has 0 heterocycles. The van der Waals surface area contributed by atoms with Crippen LogP contribution in [-0.4, -0.2) is 34.1 Å². The quantitative estimate of drug-likeness (QED) is 0.561. The molecule has 2 unspecified atom stereocenters. The number of carbonyl (C=O) groups is 3.